The highest BCUT2D eigenvalue weighted by atomic mass is 19.1. The molecule has 0 aliphatic carbocycles. The van der Waals surface area contributed by atoms with E-state index in [1.165, 1.54) is 31.4 Å². The van der Waals surface area contributed by atoms with Gasteiger partial charge in [0.15, 0.2) is 11.5 Å². The fourth-order valence-corrected chi connectivity index (χ4v) is 2.14. The van der Waals surface area contributed by atoms with E-state index in [4.69, 9.17) is 14.2 Å². The topological polar surface area (TPSA) is 87.9 Å². The van der Waals surface area contributed by atoms with Gasteiger partial charge in [0, 0.05) is 6.07 Å². The van der Waals surface area contributed by atoms with Crippen LogP contribution in [0.25, 0.3) is 0 Å². The number of esters is 1. The van der Waals surface area contributed by atoms with Crippen molar-refractivity contribution < 1.29 is 28.3 Å². The third-order valence-corrected chi connectivity index (χ3v) is 3.26. The molecule has 7 nitrogen and oxygen atoms in total. The lowest BCUT2D eigenvalue weighted by molar-refractivity contribution is -0.385. The van der Waals surface area contributed by atoms with Crippen molar-refractivity contribution in [3.63, 3.8) is 0 Å². The molecule has 0 amide bonds. The smallest absolute Gasteiger partial charge is 0.345 e. The second kappa shape index (κ2) is 8.09. The second-order valence-electron chi connectivity index (χ2n) is 4.92. The van der Waals surface area contributed by atoms with Crippen LogP contribution in [0.2, 0.25) is 0 Å². The Morgan fingerprint density at radius 2 is 2.00 bits per heavy atom. The second-order valence-corrected chi connectivity index (χ2v) is 4.92. The highest BCUT2D eigenvalue weighted by Crippen LogP contribution is 2.35. The molecule has 25 heavy (non-hydrogen) atoms. The Bertz CT molecular complexity index is 793. The van der Waals surface area contributed by atoms with Crippen LogP contribution in [0.15, 0.2) is 36.4 Å². The normalized spacial score (nSPS) is 10.2. The predicted octanol–water partition coefficient (Wildman–Crippen LogP) is 3.50. The first kappa shape index (κ1) is 18.2. The zero-order valence-electron chi connectivity index (χ0n) is 13.7. The molecule has 0 spiro atoms. The summed E-state index contributed by atoms with van der Waals surface area (Å²) in [5, 5.41) is 11.2. The number of halogens is 1. The molecule has 0 atom stereocenters. The monoisotopic (exact) mass is 349 g/mol. The van der Waals surface area contributed by atoms with Gasteiger partial charge in [-0.25, -0.2) is 9.18 Å². The zero-order chi connectivity index (χ0) is 18.4. The van der Waals surface area contributed by atoms with E-state index >= 15 is 0 Å². The molecule has 0 unspecified atom stereocenters. The van der Waals surface area contributed by atoms with E-state index in [1.807, 2.05) is 0 Å². The minimum Gasteiger partial charge on any atom is -0.493 e. The summed E-state index contributed by atoms with van der Waals surface area (Å²) in [6.45, 7) is 1.79. The molecule has 0 radical (unpaired) electrons. The lowest BCUT2D eigenvalue weighted by atomic mass is 10.1. The lowest BCUT2D eigenvalue weighted by Gasteiger charge is -2.11. The summed E-state index contributed by atoms with van der Waals surface area (Å²) < 4.78 is 28.6. The lowest BCUT2D eigenvalue weighted by Crippen LogP contribution is -2.10. The van der Waals surface area contributed by atoms with Gasteiger partial charge < -0.3 is 14.2 Å². The van der Waals surface area contributed by atoms with Crippen LogP contribution in [0.1, 0.15) is 22.8 Å². The van der Waals surface area contributed by atoms with Gasteiger partial charge in [0.2, 0.25) is 0 Å². The molecule has 0 heterocycles. The molecule has 0 fully saturated rings. The van der Waals surface area contributed by atoms with Gasteiger partial charge in [0.25, 0.3) is 5.69 Å². The highest BCUT2D eigenvalue weighted by molar-refractivity contribution is 5.95. The van der Waals surface area contributed by atoms with Crippen LogP contribution in [0.5, 0.6) is 11.5 Å². The van der Waals surface area contributed by atoms with Crippen LogP contribution in [0.3, 0.4) is 0 Å². The van der Waals surface area contributed by atoms with Crippen molar-refractivity contribution in [2.24, 2.45) is 0 Å². The summed E-state index contributed by atoms with van der Waals surface area (Å²) in [7, 11) is 1.34. The van der Waals surface area contributed by atoms with Gasteiger partial charge in [-0.2, -0.15) is 0 Å². The number of nitro groups is 1. The number of carbonyl (C=O) groups is 1. The molecule has 8 heteroatoms. The molecule has 0 saturated heterocycles. The van der Waals surface area contributed by atoms with Gasteiger partial charge in [-0.05, 0) is 24.6 Å². The number of ether oxygens (including phenoxy) is 3. The standard InChI is InChI=1S/C17H16FNO6/c1-3-24-16-8-13(14(19(21)22)9-15(16)23-2)17(20)25-10-11-5-4-6-12(18)7-11/h4-9H,3,10H2,1-2H3. The number of hydrogen-bond donors (Lipinski definition) is 0. The SMILES string of the molecule is CCOc1cc(C(=O)OCc2cccc(F)c2)c([N+](=O)[O-])cc1OC. The summed E-state index contributed by atoms with van der Waals surface area (Å²) in [6, 6.07) is 7.82. The Hall–Kier alpha value is -3.16. The molecule has 2 rings (SSSR count). The van der Waals surface area contributed by atoms with Crippen LogP contribution >= 0.6 is 0 Å². The minimum atomic E-state index is -0.917. The average molecular weight is 349 g/mol. The van der Waals surface area contributed by atoms with E-state index in [-0.39, 0.29) is 30.3 Å². The maximum Gasteiger partial charge on any atom is 0.345 e. The first-order valence-corrected chi connectivity index (χ1v) is 7.37. The van der Waals surface area contributed by atoms with E-state index in [1.54, 1.807) is 13.0 Å². The number of nitrogens with zero attached hydrogens (tertiary/aromatic N) is 1. The van der Waals surface area contributed by atoms with Crippen LogP contribution in [-0.2, 0) is 11.3 Å². The Morgan fingerprint density at radius 1 is 1.24 bits per heavy atom. The van der Waals surface area contributed by atoms with Crippen LogP contribution in [-0.4, -0.2) is 24.6 Å². The van der Waals surface area contributed by atoms with Crippen molar-refractivity contribution in [1.82, 2.24) is 0 Å². The van der Waals surface area contributed by atoms with Crippen molar-refractivity contribution in [2.45, 2.75) is 13.5 Å². The van der Waals surface area contributed by atoms with Gasteiger partial charge in [-0.1, -0.05) is 12.1 Å². The van der Waals surface area contributed by atoms with Crippen LogP contribution in [0.4, 0.5) is 10.1 Å². The Labute approximate surface area is 143 Å². The van der Waals surface area contributed by atoms with Crippen molar-refractivity contribution in [3.05, 3.63) is 63.5 Å². The van der Waals surface area contributed by atoms with E-state index in [0.29, 0.717) is 5.56 Å². The molecule has 132 valence electrons. The Morgan fingerprint density at radius 3 is 2.60 bits per heavy atom. The fourth-order valence-electron chi connectivity index (χ4n) is 2.14. The van der Waals surface area contributed by atoms with Crippen LogP contribution < -0.4 is 9.47 Å². The first-order chi connectivity index (χ1) is 12.0. The average Bonchev–Trinajstić information content (AvgIpc) is 2.59. The predicted molar refractivity (Wildman–Crippen MR) is 86.3 cm³/mol. The van der Waals surface area contributed by atoms with Gasteiger partial charge in [-0.15, -0.1) is 0 Å². The van der Waals surface area contributed by atoms with E-state index < -0.39 is 22.4 Å². The van der Waals surface area contributed by atoms with Crippen LogP contribution in [0, 0.1) is 15.9 Å². The maximum absolute atomic E-state index is 13.1. The van der Waals surface area contributed by atoms with E-state index in [0.717, 1.165) is 6.07 Å². The fraction of sp³-hybridized carbons (Fsp3) is 0.235. The van der Waals surface area contributed by atoms with Gasteiger partial charge >= 0.3 is 5.97 Å². The molecule has 0 aliphatic rings. The molecular weight excluding hydrogens is 333 g/mol. The summed E-state index contributed by atoms with van der Waals surface area (Å²) >= 11 is 0. The third kappa shape index (κ3) is 4.43. The molecule has 0 N–H and O–H groups in total. The highest BCUT2D eigenvalue weighted by Gasteiger charge is 2.26. The Kier molecular flexibility index (Phi) is 5.89. The van der Waals surface area contributed by atoms with E-state index in [9.17, 15) is 19.3 Å². The van der Waals surface area contributed by atoms with Gasteiger partial charge in [0.1, 0.15) is 18.0 Å². The van der Waals surface area contributed by atoms with Crippen molar-refractivity contribution in [2.75, 3.05) is 13.7 Å². The molecule has 0 aromatic heterocycles. The maximum atomic E-state index is 13.1. The van der Waals surface area contributed by atoms with Gasteiger partial charge in [-0.3, -0.25) is 10.1 Å². The number of benzene rings is 2. The molecule has 0 bridgehead atoms. The van der Waals surface area contributed by atoms with E-state index in [2.05, 4.69) is 0 Å². The first-order valence-electron chi connectivity index (χ1n) is 7.37. The van der Waals surface area contributed by atoms with Gasteiger partial charge in [0.05, 0.1) is 24.7 Å². The minimum absolute atomic E-state index is 0.134. The summed E-state index contributed by atoms with van der Waals surface area (Å²) in [6.07, 6.45) is 0. The number of nitro benzene ring substituents is 1. The quantitative estimate of drug-likeness (QED) is 0.432. The number of rotatable bonds is 7. The Balaban J connectivity index is 2.30. The van der Waals surface area contributed by atoms with Crippen molar-refractivity contribution in [3.8, 4) is 11.5 Å². The molecule has 0 aliphatic heterocycles. The largest absolute Gasteiger partial charge is 0.493 e. The number of carbonyl (C=O) groups excluding carboxylic acids is 1. The van der Waals surface area contributed by atoms with Crippen molar-refractivity contribution >= 4 is 11.7 Å². The summed E-state index contributed by atoms with van der Waals surface area (Å²) in [5.74, 6) is -1.06. The molecule has 2 aromatic rings. The number of methoxy groups -OCH3 is 1. The molecule has 0 saturated carbocycles. The van der Waals surface area contributed by atoms with Crippen molar-refractivity contribution in [1.29, 1.82) is 0 Å². The molecule has 2 aromatic carbocycles. The molecular formula is C17H16FNO6. The number of hydrogen-bond acceptors (Lipinski definition) is 6. The summed E-state index contributed by atoms with van der Waals surface area (Å²) in [5.41, 5.74) is -0.315. The summed E-state index contributed by atoms with van der Waals surface area (Å²) in [4.78, 5) is 22.8. The zero-order valence-corrected chi connectivity index (χ0v) is 13.7. The third-order valence-electron chi connectivity index (χ3n) is 3.26.